The van der Waals surface area contributed by atoms with E-state index in [4.69, 9.17) is 4.74 Å². The van der Waals surface area contributed by atoms with E-state index < -0.39 is 0 Å². The van der Waals surface area contributed by atoms with Crippen LogP contribution in [-0.2, 0) is 11.2 Å². The summed E-state index contributed by atoms with van der Waals surface area (Å²) in [7, 11) is 1.60. The molecule has 0 radical (unpaired) electrons. The number of carbonyl (C=O) groups excluding carboxylic acids is 1. The molecule has 0 atom stereocenters. The third kappa shape index (κ3) is 3.94. The fraction of sp³-hybridized carbons (Fsp3) is 0.312. The lowest BCUT2D eigenvalue weighted by Crippen LogP contribution is -2.18. The highest BCUT2D eigenvalue weighted by Crippen LogP contribution is 2.14. The highest BCUT2D eigenvalue weighted by Gasteiger charge is 2.08. The van der Waals surface area contributed by atoms with Gasteiger partial charge in [0.2, 0.25) is 5.91 Å². The van der Waals surface area contributed by atoms with Crippen LogP contribution >= 0.6 is 0 Å². The van der Waals surface area contributed by atoms with Gasteiger partial charge in [0.1, 0.15) is 5.75 Å². The minimum absolute atomic E-state index is 0.133. The first-order valence-electron chi connectivity index (χ1n) is 7.07. The Hall–Kier alpha value is -2.63. The SMILES string of the molecule is COc1ccccc1/C=N/NC(=O)CCc1c(C)n[nH]c1C. The largest absolute Gasteiger partial charge is 0.496 e. The summed E-state index contributed by atoms with van der Waals surface area (Å²) < 4.78 is 5.21. The molecule has 0 saturated heterocycles. The lowest BCUT2D eigenvalue weighted by molar-refractivity contribution is -0.121. The molecule has 2 rings (SSSR count). The summed E-state index contributed by atoms with van der Waals surface area (Å²) in [6.45, 7) is 3.88. The van der Waals surface area contributed by atoms with Crippen molar-refractivity contribution in [2.75, 3.05) is 7.11 Å². The van der Waals surface area contributed by atoms with Gasteiger partial charge in [0, 0.05) is 17.7 Å². The van der Waals surface area contributed by atoms with E-state index in [9.17, 15) is 4.79 Å². The predicted octanol–water partition coefficient (Wildman–Crippen LogP) is 2.12. The molecule has 1 heterocycles. The molecule has 116 valence electrons. The van der Waals surface area contributed by atoms with E-state index in [1.807, 2.05) is 38.1 Å². The molecule has 1 amide bonds. The van der Waals surface area contributed by atoms with Crippen LogP contribution in [0.25, 0.3) is 0 Å². The van der Waals surface area contributed by atoms with Crippen molar-refractivity contribution in [3.63, 3.8) is 0 Å². The second-order valence-electron chi connectivity index (χ2n) is 4.95. The summed E-state index contributed by atoms with van der Waals surface area (Å²) in [5.74, 6) is 0.580. The second-order valence-corrected chi connectivity index (χ2v) is 4.95. The quantitative estimate of drug-likeness (QED) is 0.633. The van der Waals surface area contributed by atoms with E-state index in [0.717, 1.165) is 22.5 Å². The Labute approximate surface area is 129 Å². The number of hydrazone groups is 1. The zero-order chi connectivity index (χ0) is 15.9. The third-order valence-corrected chi connectivity index (χ3v) is 3.41. The van der Waals surface area contributed by atoms with Gasteiger partial charge in [-0.3, -0.25) is 9.89 Å². The van der Waals surface area contributed by atoms with Crippen LogP contribution in [0.3, 0.4) is 0 Å². The van der Waals surface area contributed by atoms with Gasteiger partial charge in [-0.05, 0) is 38.0 Å². The number of ether oxygens (including phenoxy) is 1. The summed E-state index contributed by atoms with van der Waals surface area (Å²) in [5, 5.41) is 11.0. The molecular weight excluding hydrogens is 280 g/mol. The van der Waals surface area contributed by atoms with E-state index in [0.29, 0.717) is 18.6 Å². The number of hydrogen-bond donors (Lipinski definition) is 2. The lowest BCUT2D eigenvalue weighted by atomic mass is 10.1. The Balaban J connectivity index is 1.86. The van der Waals surface area contributed by atoms with Crippen molar-refractivity contribution >= 4 is 12.1 Å². The predicted molar refractivity (Wildman–Crippen MR) is 85.1 cm³/mol. The Bertz CT molecular complexity index is 657. The molecule has 1 aromatic carbocycles. The Kier molecular flexibility index (Phi) is 5.30. The number of methoxy groups -OCH3 is 1. The van der Waals surface area contributed by atoms with E-state index in [-0.39, 0.29) is 5.91 Å². The summed E-state index contributed by atoms with van der Waals surface area (Å²) in [5.41, 5.74) is 6.36. The molecule has 0 fully saturated rings. The summed E-state index contributed by atoms with van der Waals surface area (Å²) in [6.07, 6.45) is 2.58. The number of H-pyrrole nitrogens is 1. The second kappa shape index (κ2) is 7.40. The molecule has 2 N–H and O–H groups in total. The van der Waals surface area contributed by atoms with E-state index in [1.54, 1.807) is 13.3 Å². The van der Waals surface area contributed by atoms with Crippen LogP contribution in [0.2, 0.25) is 0 Å². The first-order valence-corrected chi connectivity index (χ1v) is 7.07. The van der Waals surface area contributed by atoms with E-state index in [1.165, 1.54) is 0 Å². The topological polar surface area (TPSA) is 79.4 Å². The summed E-state index contributed by atoms with van der Waals surface area (Å²) >= 11 is 0. The molecule has 0 saturated carbocycles. The van der Waals surface area contributed by atoms with Gasteiger partial charge in [-0.2, -0.15) is 10.2 Å². The molecule has 1 aromatic heterocycles. The van der Waals surface area contributed by atoms with Crippen LogP contribution in [0.1, 0.15) is 28.9 Å². The van der Waals surface area contributed by atoms with Gasteiger partial charge in [-0.15, -0.1) is 0 Å². The summed E-state index contributed by atoms with van der Waals surface area (Å²) in [4.78, 5) is 11.8. The van der Waals surface area contributed by atoms with Crippen LogP contribution < -0.4 is 10.2 Å². The Morgan fingerprint density at radius 2 is 2.18 bits per heavy atom. The fourth-order valence-corrected chi connectivity index (χ4v) is 2.18. The van der Waals surface area contributed by atoms with E-state index >= 15 is 0 Å². The normalized spacial score (nSPS) is 10.9. The number of rotatable bonds is 6. The minimum Gasteiger partial charge on any atom is -0.496 e. The Morgan fingerprint density at radius 3 is 2.86 bits per heavy atom. The maximum Gasteiger partial charge on any atom is 0.240 e. The number of aromatic amines is 1. The lowest BCUT2D eigenvalue weighted by Gasteiger charge is -2.03. The number of hydrogen-bond acceptors (Lipinski definition) is 4. The number of para-hydroxylation sites is 1. The molecule has 0 aliphatic heterocycles. The number of benzene rings is 1. The molecule has 6 heteroatoms. The number of nitrogens with one attached hydrogen (secondary N) is 2. The first kappa shape index (κ1) is 15.8. The zero-order valence-electron chi connectivity index (χ0n) is 13.0. The standard InChI is InChI=1S/C16H20N4O2/c1-11-14(12(2)19-18-11)8-9-16(21)20-17-10-13-6-4-5-7-15(13)22-3/h4-7,10H,8-9H2,1-3H3,(H,18,19)(H,20,21)/b17-10+. The van der Waals surface area contributed by atoms with Crippen molar-refractivity contribution in [1.82, 2.24) is 15.6 Å². The zero-order valence-corrected chi connectivity index (χ0v) is 13.0. The van der Waals surface area contributed by atoms with Crippen molar-refractivity contribution in [2.24, 2.45) is 5.10 Å². The number of amides is 1. The van der Waals surface area contributed by atoms with Gasteiger partial charge in [-0.1, -0.05) is 12.1 Å². The van der Waals surface area contributed by atoms with Gasteiger partial charge in [0.25, 0.3) is 0 Å². The maximum absolute atomic E-state index is 11.8. The average Bonchev–Trinajstić information content (AvgIpc) is 2.84. The number of carbonyl (C=O) groups is 1. The van der Waals surface area contributed by atoms with Crippen molar-refractivity contribution in [2.45, 2.75) is 26.7 Å². The molecule has 0 aliphatic rings. The molecule has 2 aromatic rings. The molecule has 0 unspecified atom stereocenters. The van der Waals surface area contributed by atoms with Gasteiger partial charge in [0.05, 0.1) is 19.0 Å². The summed E-state index contributed by atoms with van der Waals surface area (Å²) in [6, 6.07) is 7.47. The minimum atomic E-state index is -0.133. The van der Waals surface area contributed by atoms with E-state index in [2.05, 4.69) is 20.7 Å². The number of aromatic nitrogens is 2. The maximum atomic E-state index is 11.8. The highest BCUT2D eigenvalue weighted by atomic mass is 16.5. The van der Waals surface area contributed by atoms with Crippen molar-refractivity contribution in [1.29, 1.82) is 0 Å². The van der Waals surface area contributed by atoms with Crippen LogP contribution in [0.5, 0.6) is 5.75 Å². The Morgan fingerprint density at radius 1 is 1.41 bits per heavy atom. The van der Waals surface area contributed by atoms with Crippen LogP contribution in [-0.4, -0.2) is 29.4 Å². The van der Waals surface area contributed by atoms with Gasteiger partial charge < -0.3 is 4.74 Å². The molecule has 0 spiro atoms. The van der Waals surface area contributed by atoms with Crippen LogP contribution in [0.15, 0.2) is 29.4 Å². The third-order valence-electron chi connectivity index (χ3n) is 3.41. The van der Waals surface area contributed by atoms with Gasteiger partial charge in [0.15, 0.2) is 0 Å². The number of nitrogens with zero attached hydrogens (tertiary/aromatic N) is 2. The molecule has 6 nitrogen and oxygen atoms in total. The molecule has 22 heavy (non-hydrogen) atoms. The smallest absolute Gasteiger partial charge is 0.240 e. The van der Waals surface area contributed by atoms with Gasteiger partial charge >= 0.3 is 0 Å². The van der Waals surface area contributed by atoms with Crippen LogP contribution in [0, 0.1) is 13.8 Å². The molecule has 0 aliphatic carbocycles. The monoisotopic (exact) mass is 300 g/mol. The number of aryl methyl sites for hydroxylation is 2. The molecule has 0 bridgehead atoms. The first-order chi connectivity index (χ1) is 10.6. The van der Waals surface area contributed by atoms with Gasteiger partial charge in [-0.25, -0.2) is 5.43 Å². The van der Waals surface area contributed by atoms with Crippen molar-refractivity contribution < 1.29 is 9.53 Å². The molecular formula is C16H20N4O2. The fourth-order valence-electron chi connectivity index (χ4n) is 2.18. The van der Waals surface area contributed by atoms with Crippen molar-refractivity contribution in [3.8, 4) is 5.75 Å². The average molecular weight is 300 g/mol. The highest BCUT2D eigenvalue weighted by molar-refractivity contribution is 5.85. The van der Waals surface area contributed by atoms with Crippen LogP contribution in [0.4, 0.5) is 0 Å². The van der Waals surface area contributed by atoms with Crippen molar-refractivity contribution in [3.05, 3.63) is 46.8 Å².